The molecule has 7 heteroatoms. The van der Waals surface area contributed by atoms with Gasteiger partial charge < -0.3 is 15.2 Å². The molecule has 1 aliphatic rings. The number of likely N-dealkylation sites (N-methyl/N-ethyl adjacent to an activating group) is 2. The Balaban J connectivity index is 1.87. The summed E-state index contributed by atoms with van der Waals surface area (Å²) in [5, 5.41) is 4.61. The van der Waals surface area contributed by atoms with Gasteiger partial charge in [-0.25, -0.2) is 0 Å². The van der Waals surface area contributed by atoms with Gasteiger partial charge in [-0.15, -0.1) is 0 Å². The molecule has 1 atom stereocenters. The molecule has 21 heavy (non-hydrogen) atoms. The molecular formula is C14H18ClN5O. The van der Waals surface area contributed by atoms with Gasteiger partial charge in [0.15, 0.2) is 5.82 Å². The van der Waals surface area contributed by atoms with Gasteiger partial charge in [-0.1, -0.05) is 16.8 Å². The van der Waals surface area contributed by atoms with Crippen molar-refractivity contribution >= 4 is 17.3 Å². The van der Waals surface area contributed by atoms with Gasteiger partial charge in [0.05, 0.1) is 16.8 Å². The van der Waals surface area contributed by atoms with E-state index in [0.29, 0.717) is 22.4 Å². The van der Waals surface area contributed by atoms with E-state index in [2.05, 4.69) is 34.0 Å². The van der Waals surface area contributed by atoms with Crippen LogP contribution >= 0.6 is 11.6 Å². The third kappa shape index (κ3) is 2.88. The largest absolute Gasteiger partial charge is 0.398 e. The highest BCUT2D eigenvalue weighted by Gasteiger charge is 2.28. The fraction of sp³-hybridized carbons (Fsp3) is 0.429. The fourth-order valence-corrected chi connectivity index (χ4v) is 2.62. The van der Waals surface area contributed by atoms with E-state index >= 15 is 0 Å². The van der Waals surface area contributed by atoms with Crippen LogP contribution in [-0.2, 0) is 0 Å². The number of nitrogens with two attached hydrogens (primary N) is 1. The average molecular weight is 308 g/mol. The number of rotatable bonds is 2. The van der Waals surface area contributed by atoms with Crippen molar-refractivity contribution in [1.29, 1.82) is 0 Å². The molecule has 1 saturated heterocycles. The zero-order valence-corrected chi connectivity index (χ0v) is 12.8. The molecule has 1 unspecified atom stereocenters. The maximum atomic E-state index is 6.03. The van der Waals surface area contributed by atoms with Gasteiger partial charge in [-0.05, 0) is 32.3 Å². The van der Waals surface area contributed by atoms with E-state index in [9.17, 15) is 0 Å². The van der Waals surface area contributed by atoms with Crippen molar-refractivity contribution in [2.75, 3.05) is 39.5 Å². The van der Waals surface area contributed by atoms with Crippen molar-refractivity contribution in [2.24, 2.45) is 0 Å². The predicted octanol–water partition coefficient (Wildman–Crippen LogP) is 1.89. The Hall–Kier alpha value is -1.63. The Morgan fingerprint density at radius 1 is 1.33 bits per heavy atom. The maximum Gasteiger partial charge on any atom is 0.258 e. The van der Waals surface area contributed by atoms with Crippen molar-refractivity contribution in [2.45, 2.75) is 6.04 Å². The summed E-state index contributed by atoms with van der Waals surface area (Å²) in [7, 11) is 4.18. The van der Waals surface area contributed by atoms with Crippen LogP contribution < -0.4 is 5.73 Å². The van der Waals surface area contributed by atoms with E-state index in [4.69, 9.17) is 21.9 Å². The molecule has 0 spiro atoms. The van der Waals surface area contributed by atoms with Crippen molar-refractivity contribution in [1.82, 2.24) is 19.9 Å². The van der Waals surface area contributed by atoms with E-state index < -0.39 is 0 Å². The third-order valence-corrected chi connectivity index (χ3v) is 4.17. The first-order chi connectivity index (χ1) is 10.0. The number of piperazine rings is 1. The Kier molecular flexibility index (Phi) is 3.84. The fourth-order valence-electron chi connectivity index (χ4n) is 2.44. The Morgan fingerprint density at radius 2 is 2.14 bits per heavy atom. The molecule has 0 amide bonds. The lowest BCUT2D eigenvalue weighted by Crippen LogP contribution is -2.45. The smallest absolute Gasteiger partial charge is 0.258 e. The summed E-state index contributed by atoms with van der Waals surface area (Å²) < 4.78 is 5.38. The van der Waals surface area contributed by atoms with E-state index in [0.717, 1.165) is 25.2 Å². The summed E-state index contributed by atoms with van der Waals surface area (Å²) in [6.45, 7) is 2.92. The summed E-state index contributed by atoms with van der Waals surface area (Å²) >= 11 is 6.03. The van der Waals surface area contributed by atoms with Crippen LogP contribution in [0.4, 0.5) is 5.69 Å². The summed E-state index contributed by atoms with van der Waals surface area (Å²) in [4.78, 5) is 9.02. The average Bonchev–Trinajstić information content (AvgIpc) is 2.94. The van der Waals surface area contributed by atoms with Crippen LogP contribution in [0.5, 0.6) is 0 Å². The minimum absolute atomic E-state index is 0.144. The second-order valence-electron chi connectivity index (χ2n) is 5.45. The highest BCUT2D eigenvalue weighted by Crippen LogP contribution is 2.28. The van der Waals surface area contributed by atoms with Crippen molar-refractivity contribution in [3.05, 3.63) is 29.0 Å². The van der Waals surface area contributed by atoms with Gasteiger partial charge in [-0.2, -0.15) is 4.98 Å². The quantitative estimate of drug-likeness (QED) is 0.854. The van der Waals surface area contributed by atoms with Gasteiger partial charge in [-0.3, -0.25) is 4.90 Å². The van der Waals surface area contributed by atoms with Crippen LogP contribution in [-0.4, -0.2) is 53.7 Å². The number of aromatic nitrogens is 2. The number of benzene rings is 1. The van der Waals surface area contributed by atoms with Gasteiger partial charge in [0, 0.05) is 25.2 Å². The standard InChI is InChI=1S/C14H18ClN5O/c1-19-5-6-20(2)12(8-19)13-17-14(21-18-13)9-3-4-11(16)10(15)7-9/h3-4,7,12H,5-6,8,16H2,1-2H3. The van der Waals surface area contributed by atoms with Crippen LogP contribution in [0.25, 0.3) is 11.5 Å². The summed E-state index contributed by atoms with van der Waals surface area (Å²) in [5.74, 6) is 1.17. The normalized spacial score (nSPS) is 20.8. The first-order valence-electron chi connectivity index (χ1n) is 6.82. The van der Waals surface area contributed by atoms with Gasteiger partial charge in [0.25, 0.3) is 5.89 Å². The van der Waals surface area contributed by atoms with Crippen LogP contribution in [0.2, 0.25) is 5.02 Å². The maximum absolute atomic E-state index is 6.03. The molecule has 2 heterocycles. The molecule has 1 aliphatic heterocycles. The second-order valence-corrected chi connectivity index (χ2v) is 5.86. The van der Waals surface area contributed by atoms with Crippen LogP contribution in [0, 0.1) is 0 Å². The summed E-state index contributed by atoms with van der Waals surface area (Å²) in [6.07, 6.45) is 0. The predicted molar refractivity (Wildman–Crippen MR) is 82.0 cm³/mol. The Morgan fingerprint density at radius 3 is 2.90 bits per heavy atom. The molecule has 1 fully saturated rings. The molecule has 0 saturated carbocycles. The summed E-state index contributed by atoms with van der Waals surface area (Å²) in [6, 6.07) is 5.45. The number of halogens is 1. The molecule has 2 aromatic rings. The lowest BCUT2D eigenvalue weighted by Gasteiger charge is -2.35. The van der Waals surface area contributed by atoms with Crippen molar-refractivity contribution in [3.8, 4) is 11.5 Å². The molecule has 2 N–H and O–H groups in total. The zero-order chi connectivity index (χ0) is 15.0. The molecular weight excluding hydrogens is 290 g/mol. The topological polar surface area (TPSA) is 71.4 Å². The second kappa shape index (κ2) is 5.63. The first-order valence-corrected chi connectivity index (χ1v) is 7.20. The number of hydrogen-bond donors (Lipinski definition) is 1. The van der Waals surface area contributed by atoms with E-state index in [1.807, 2.05) is 6.07 Å². The highest BCUT2D eigenvalue weighted by atomic mass is 35.5. The minimum Gasteiger partial charge on any atom is -0.398 e. The molecule has 1 aromatic heterocycles. The zero-order valence-electron chi connectivity index (χ0n) is 12.1. The van der Waals surface area contributed by atoms with Gasteiger partial charge in [0.2, 0.25) is 0 Å². The van der Waals surface area contributed by atoms with Crippen LogP contribution in [0.3, 0.4) is 0 Å². The number of nitrogens with zero attached hydrogens (tertiary/aromatic N) is 4. The van der Waals surface area contributed by atoms with E-state index in [-0.39, 0.29) is 6.04 Å². The summed E-state index contributed by atoms with van der Waals surface area (Å²) in [5.41, 5.74) is 7.03. The van der Waals surface area contributed by atoms with Crippen LogP contribution in [0.1, 0.15) is 11.9 Å². The molecule has 0 radical (unpaired) electrons. The highest BCUT2D eigenvalue weighted by molar-refractivity contribution is 6.33. The molecule has 112 valence electrons. The Bertz CT molecular complexity index is 644. The molecule has 3 rings (SSSR count). The lowest BCUT2D eigenvalue weighted by atomic mass is 10.1. The number of nitrogen functional groups attached to an aromatic ring is 1. The minimum atomic E-state index is 0.144. The third-order valence-electron chi connectivity index (χ3n) is 3.84. The molecule has 1 aromatic carbocycles. The lowest BCUT2D eigenvalue weighted by molar-refractivity contribution is 0.108. The number of hydrogen-bond acceptors (Lipinski definition) is 6. The molecule has 0 aliphatic carbocycles. The van der Waals surface area contributed by atoms with E-state index in [1.54, 1.807) is 12.1 Å². The Labute approximate surface area is 128 Å². The molecule has 6 nitrogen and oxygen atoms in total. The molecule has 0 bridgehead atoms. The SMILES string of the molecule is CN1CCN(C)C(c2noc(-c3ccc(N)c(Cl)c3)n2)C1. The van der Waals surface area contributed by atoms with Crippen molar-refractivity contribution in [3.63, 3.8) is 0 Å². The van der Waals surface area contributed by atoms with Gasteiger partial charge >= 0.3 is 0 Å². The monoisotopic (exact) mass is 307 g/mol. The van der Waals surface area contributed by atoms with Crippen molar-refractivity contribution < 1.29 is 4.52 Å². The van der Waals surface area contributed by atoms with Crippen LogP contribution in [0.15, 0.2) is 22.7 Å². The van der Waals surface area contributed by atoms with Gasteiger partial charge in [0.1, 0.15) is 0 Å². The number of anilines is 1. The first kappa shape index (κ1) is 14.3. The van der Waals surface area contributed by atoms with E-state index in [1.165, 1.54) is 0 Å².